The van der Waals surface area contributed by atoms with Gasteiger partial charge in [-0.15, -0.1) is 0 Å². The number of carbonyl (C=O) groups is 1. The minimum atomic E-state index is -0.438. The molecule has 0 amide bonds. The maximum Gasteiger partial charge on any atom is 0.336 e. The van der Waals surface area contributed by atoms with Crippen molar-refractivity contribution in [2.75, 3.05) is 0 Å². The minimum Gasteiger partial charge on any atom is -0.422 e. The molecule has 0 spiro atoms. The highest BCUT2D eigenvalue weighted by Gasteiger charge is 2.18. The molecule has 23 heavy (non-hydrogen) atoms. The lowest BCUT2D eigenvalue weighted by atomic mass is 10.2. The molecule has 0 aromatic heterocycles. The van der Waals surface area contributed by atoms with Crippen molar-refractivity contribution in [2.24, 2.45) is 0 Å². The number of nitrogens with zero attached hydrogens (tertiary/aromatic N) is 1. The molecule has 3 rings (SSSR count). The molecule has 0 unspecified atom stereocenters. The van der Waals surface area contributed by atoms with Crippen LogP contribution in [0, 0.1) is 10.1 Å². The molecule has 0 fully saturated rings. The summed E-state index contributed by atoms with van der Waals surface area (Å²) in [5.41, 5.74) is 0.945. The average molecular weight is 325 g/mol. The molecule has 0 N–H and O–H groups in total. The van der Waals surface area contributed by atoms with Crippen molar-refractivity contribution in [2.45, 2.75) is 4.90 Å². The standard InChI is InChI=1S/C17H11NO4S/c19-16-11-10-15(22-16)17(12-4-2-1-3-5-12)23-14-8-6-13(7-9-14)18(20)21/h1-11H/b17-15+. The number of esters is 1. The first-order chi connectivity index (χ1) is 11.1. The van der Waals surface area contributed by atoms with Crippen LogP contribution in [0.4, 0.5) is 5.69 Å². The highest BCUT2D eigenvalue weighted by Crippen LogP contribution is 2.39. The Morgan fingerprint density at radius 2 is 1.70 bits per heavy atom. The van der Waals surface area contributed by atoms with E-state index in [1.807, 2.05) is 30.3 Å². The van der Waals surface area contributed by atoms with Crippen LogP contribution < -0.4 is 0 Å². The molecule has 0 atom stereocenters. The summed E-state index contributed by atoms with van der Waals surface area (Å²) in [5.74, 6) is 0.0716. The van der Waals surface area contributed by atoms with Crippen LogP contribution in [0.5, 0.6) is 0 Å². The Morgan fingerprint density at radius 3 is 2.26 bits per heavy atom. The summed E-state index contributed by atoms with van der Waals surface area (Å²) >= 11 is 1.39. The quantitative estimate of drug-likeness (QED) is 0.365. The molecule has 2 aromatic rings. The third kappa shape index (κ3) is 3.49. The number of nitro groups is 1. The molecule has 0 saturated heterocycles. The zero-order valence-electron chi connectivity index (χ0n) is 11.8. The first-order valence-electron chi connectivity index (χ1n) is 6.75. The van der Waals surface area contributed by atoms with Crippen molar-refractivity contribution in [1.29, 1.82) is 0 Å². The van der Waals surface area contributed by atoms with Gasteiger partial charge in [-0.3, -0.25) is 10.1 Å². The number of thioether (sulfide) groups is 1. The van der Waals surface area contributed by atoms with E-state index in [1.54, 1.807) is 18.2 Å². The smallest absolute Gasteiger partial charge is 0.336 e. The van der Waals surface area contributed by atoms with Gasteiger partial charge in [0.25, 0.3) is 5.69 Å². The van der Waals surface area contributed by atoms with Crippen LogP contribution in [0.3, 0.4) is 0 Å². The van der Waals surface area contributed by atoms with Crippen LogP contribution in [-0.2, 0) is 9.53 Å². The summed E-state index contributed by atoms with van der Waals surface area (Å²) in [6.45, 7) is 0. The van der Waals surface area contributed by atoms with Crippen LogP contribution in [0.15, 0.2) is 77.4 Å². The second-order valence-corrected chi connectivity index (χ2v) is 5.75. The number of hydrogen-bond acceptors (Lipinski definition) is 5. The highest BCUT2D eigenvalue weighted by molar-refractivity contribution is 8.08. The summed E-state index contributed by atoms with van der Waals surface area (Å²) in [4.78, 5) is 23.2. The van der Waals surface area contributed by atoms with E-state index in [0.717, 1.165) is 15.4 Å². The Balaban J connectivity index is 1.95. The topological polar surface area (TPSA) is 69.4 Å². The van der Waals surface area contributed by atoms with Gasteiger partial charge in [-0.2, -0.15) is 0 Å². The van der Waals surface area contributed by atoms with Crippen LogP contribution in [-0.4, -0.2) is 10.9 Å². The van der Waals surface area contributed by atoms with E-state index in [4.69, 9.17) is 4.74 Å². The van der Waals surface area contributed by atoms with E-state index in [9.17, 15) is 14.9 Å². The van der Waals surface area contributed by atoms with E-state index in [-0.39, 0.29) is 5.69 Å². The summed E-state index contributed by atoms with van der Waals surface area (Å²) < 4.78 is 5.21. The Hall–Kier alpha value is -2.86. The lowest BCUT2D eigenvalue weighted by Crippen LogP contribution is -1.93. The Kier molecular flexibility index (Phi) is 4.25. The molecule has 5 nitrogen and oxygen atoms in total. The van der Waals surface area contributed by atoms with E-state index < -0.39 is 10.9 Å². The first-order valence-corrected chi connectivity index (χ1v) is 7.57. The fourth-order valence-corrected chi connectivity index (χ4v) is 3.01. The zero-order valence-corrected chi connectivity index (χ0v) is 12.7. The summed E-state index contributed by atoms with van der Waals surface area (Å²) in [6.07, 6.45) is 3.00. The fraction of sp³-hybridized carbons (Fsp3) is 0. The Bertz CT molecular complexity index is 810. The number of allylic oxidation sites excluding steroid dienone is 1. The van der Waals surface area contributed by atoms with E-state index in [0.29, 0.717) is 5.76 Å². The Labute approximate surface area is 136 Å². The minimum absolute atomic E-state index is 0.0375. The molecule has 6 heteroatoms. The zero-order chi connectivity index (χ0) is 16.2. The summed E-state index contributed by atoms with van der Waals surface area (Å²) in [6, 6.07) is 15.8. The molecule has 2 aromatic carbocycles. The van der Waals surface area contributed by atoms with Crippen LogP contribution in [0.2, 0.25) is 0 Å². The SMILES string of the molecule is O=C1C=C/C(=C(\Sc2ccc([N+](=O)[O-])cc2)c2ccccc2)O1. The number of rotatable bonds is 4. The highest BCUT2D eigenvalue weighted by atomic mass is 32.2. The maximum absolute atomic E-state index is 11.3. The van der Waals surface area contributed by atoms with Gasteiger partial charge in [0.2, 0.25) is 0 Å². The number of cyclic esters (lactones) is 1. The number of ether oxygens (including phenoxy) is 1. The van der Waals surface area contributed by atoms with E-state index >= 15 is 0 Å². The fourth-order valence-electron chi connectivity index (χ4n) is 2.04. The van der Waals surface area contributed by atoms with Crippen molar-refractivity contribution < 1.29 is 14.5 Å². The van der Waals surface area contributed by atoms with Crippen molar-refractivity contribution >= 4 is 28.3 Å². The molecule has 114 valence electrons. The molecule has 0 aliphatic carbocycles. The molecular formula is C17H11NO4S. The van der Waals surface area contributed by atoms with Gasteiger partial charge in [0.1, 0.15) is 5.76 Å². The van der Waals surface area contributed by atoms with Gasteiger partial charge in [-0.1, -0.05) is 42.1 Å². The largest absolute Gasteiger partial charge is 0.422 e. The molecule has 1 heterocycles. The van der Waals surface area contributed by atoms with Crippen molar-refractivity contribution in [3.63, 3.8) is 0 Å². The van der Waals surface area contributed by atoms with Gasteiger partial charge < -0.3 is 4.74 Å². The third-order valence-corrected chi connectivity index (χ3v) is 4.26. The number of hydrogen-bond donors (Lipinski definition) is 0. The number of nitro benzene ring substituents is 1. The number of carbonyl (C=O) groups excluding carboxylic acids is 1. The summed E-state index contributed by atoms with van der Waals surface area (Å²) in [7, 11) is 0. The van der Waals surface area contributed by atoms with Gasteiger partial charge in [0.05, 0.1) is 9.83 Å². The third-order valence-electron chi connectivity index (χ3n) is 3.11. The number of benzene rings is 2. The molecule has 0 bridgehead atoms. The molecular weight excluding hydrogens is 314 g/mol. The van der Waals surface area contributed by atoms with E-state index in [1.165, 1.54) is 30.0 Å². The van der Waals surface area contributed by atoms with Gasteiger partial charge in [0, 0.05) is 23.1 Å². The molecule has 1 aliphatic rings. The predicted molar refractivity (Wildman–Crippen MR) is 87.5 cm³/mol. The average Bonchev–Trinajstić information content (AvgIpc) is 3.00. The van der Waals surface area contributed by atoms with Gasteiger partial charge in [-0.05, 0) is 23.8 Å². The van der Waals surface area contributed by atoms with Gasteiger partial charge >= 0.3 is 5.97 Å². The van der Waals surface area contributed by atoms with Crippen LogP contribution in [0.25, 0.3) is 4.91 Å². The van der Waals surface area contributed by atoms with E-state index in [2.05, 4.69) is 0 Å². The number of non-ortho nitro benzene ring substituents is 1. The maximum atomic E-state index is 11.3. The normalized spacial score (nSPS) is 15.4. The van der Waals surface area contributed by atoms with Crippen LogP contribution in [0.1, 0.15) is 5.56 Å². The van der Waals surface area contributed by atoms with Crippen molar-refractivity contribution in [3.8, 4) is 0 Å². The molecule has 0 radical (unpaired) electrons. The first kappa shape index (κ1) is 15.1. The van der Waals surface area contributed by atoms with Gasteiger partial charge in [0.15, 0.2) is 0 Å². The lowest BCUT2D eigenvalue weighted by molar-refractivity contribution is -0.384. The molecule has 0 saturated carbocycles. The lowest BCUT2D eigenvalue weighted by Gasteiger charge is -2.10. The Morgan fingerprint density at radius 1 is 1.00 bits per heavy atom. The second kappa shape index (κ2) is 6.50. The van der Waals surface area contributed by atoms with Crippen molar-refractivity contribution in [1.82, 2.24) is 0 Å². The monoisotopic (exact) mass is 325 g/mol. The molecule has 1 aliphatic heterocycles. The second-order valence-electron chi connectivity index (χ2n) is 4.67. The predicted octanol–water partition coefficient (Wildman–Crippen LogP) is 4.17. The summed E-state index contributed by atoms with van der Waals surface area (Å²) in [5, 5.41) is 10.7. The van der Waals surface area contributed by atoms with Gasteiger partial charge in [-0.25, -0.2) is 4.79 Å². The van der Waals surface area contributed by atoms with Crippen LogP contribution >= 0.6 is 11.8 Å². The van der Waals surface area contributed by atoms with Crippen molar-refractivity contribution in [3.05, 3.63) is 88.2 Å².